The summed E-state index contributed by atoms with van der Waals surface area (Å²) in [6.45, 7) is -0.288. The fraction of sp³-hybridized carbons (Fsp3) is 0.211. The Morgan fingerprint density at radius 2 is 1.86 bits per heavy atom. The first-order valence-corrected chi connectivity index (χ1v) is 8.20. The van der Waals surface area contributed by atoms with Gasteiger partial charge in [-0.05, 0) is 30.3 Å². The van der Waals surface area contributed by atoms with Crippen LogP contribution in [0.15, 0.2) is 45.6 Å². The number of carbonyl (C=O) groups excluding carboxylic acids is 2. The van der Waals surface area contributed by atoms with Gasteiger partial charge in [-0.3, -0.25) is 9.36 Å². The number of esters is 1. The Balaban J connectivity index is 1.87. The number of hydrogen-bond acceptors (Lipinski definition) is 7. The fourth-order valence-electron chi connectivity index (χ4n) is 2.71. The smallest absolute Gasteiger partial charge is 0.420 e. The van der Waals surface area contributed by atoms with Crippen molar-refractivity contribution in [2.45, 2.75) is 6.54 Å². The minimum Gasteiger partial charge on any atom is -0.497 e. The summed E-state index contributed by atoms with van der Waals surface area (Å²) < 4.78 is 21.3. The van der Waals surface area contributed by atoms with E-state index in [1.807, 2.05) is 0 Å². The highest BCUT2D eigenvalue weighted by Gasteiger charge is 2.16. The maximum absolute atomic E-state index is 12.5. The number of amides is 1. The van der Waals surface area contributed by atoms with Crippen LogP contribution in [0.3, 0.4) is 0 Å². The summed E-state index contributed by atoms with van der Waals surface area (Å²) in [4.78, 5) is 36.2. The Kier molecular flexibility index (Phi) is 5.35. The number of carbonyl (C=O) groups is 2. The van der Waals surface area contributed by atoms with Crippen molar-refractivity contribution in [1.29, 1.82) is 0 Å². The molecule has 0 aliphatic rings. The van der Waals surface area contributed by atoms with E-state index in [2.05, 4.69) is 10.1 Å². The van der Waals surface area contributed by atoms with E-state index < -0.39 is 17.6 Å². The van der Waals surface area contributed by atoms with E-state index in [0.717, 1.165) is 0 Å². The predicted molar refractivity (Wildman–Crippen MR) is 100.0 cm³/mol. The quantitative estimate of drug-likeness (QED) is 0.646. The standard InChI is InChI=1S/C19H18N2O7/c1-25-12-5-7-15(26-2)13(9-12)20-17(22)10-21-14-6-4-11(18(23)27-3)8-16(14)28-19(21)24/h4-9H,10H2,1-3H3,(H,20,22). The molecule has 3 rings (SSSR count). The number of hydrogen-bond donors (Lipinski definition) is 1. The number of nitrogens with one attached hydrogen (secondary N) is 1. The minimum atomic E-state index is -0.718. The van der Waals surface area contributed by atoms with E-state index in [1.54, 1.807) is 18.2 Å². The second-order valence-electron chi connectivity index (χ2n) is 5.74. The molecule has 0 atom stereocenters. The monoisotopic (exact) mass is 386 g/mol. The van der Waals surface area contributed by atoms with Crippen LogP contribution < -0.4 is 20.5 Å². The molecule has 0 unspecified atom stereocenters. The van der Waals surface area contributed by atoms with Crippen molar-refractivity contribution in [1.82, 2.24) is 4.57 Å². The first kappa shape index (κ1) is 19.0. The van der Waals surface area contributed by atoms with E-state index >= 15 is 0 Å². The van der Waals surface area contributed by atoms with Crippen LogP contribution in [0, 0.1) is 0 Å². The van der Waals surface area contributed by atoms with Crippen LogP contribution in [0.25, 0.3) is 11.1 Å². The van der Waals surface area contributed by atoms with Gasteiger partial charge < -0.3 is 23.9 Å². The van der Waals surface area contributed by atoms with Crippen molar-refractivity contribution in [3.05, 3.63) is 52.5 Å². The lowest BCUT2D eigenvalue weighted by Gasteiger charge is -2.12. The number of rotatable bonds is 6. The summed E-state index contributed by atoms with van der Waals surface area (Å²) >= 11 is 0. The molecule has 9 heteroatoms. The second-order valence-corrected chi connectivity index (χ2v) is 5.74. The predicted octanol–water partition coefficient (Wildman–Crippen LogP) is 2.04. The van der Waals surface area contributed by atoms with Crippen molar-refractivity contribution < 1.29 is 28.2 Å². The summed E-state index contributed by atoms with van der Waals surface area (Å²) in [6, 6.07) is 9.36. The van der Waals surface area contributed by atoms with Gasteiger partial charge >= 0.3 is 11.7 Å². The van der Waals surface area contributed by atoms with Gasteiger partial charge in [-0.25, -0.2) is 9.59 Å². The Hall–Kier alpha value is -3.75. The van der Waals surface area contributed by atoms with Crippen molar-refractivity contribution in [2.24, 2.45) is 0 Å². The van der Waals surface area contributed by atoms with E-state index in [9.17, 15) is 14.4 Å². The molecule has 0 spiro atoms. The molecule has 9 nitrogen and oxygen atoms in total. The van der Waals surface area contributed by atoms with Gasteiger partial charge in [0.25, 0.3) is 0 Å². The van der Waals surface area contributed by atoms with E-state index in [-0.39, 0.29) is 17.7 Å². The molecule has 0 saturated heterocycles. The average Bonchev–Trinajstić information content (AvgIpc) is 3.01. The maximum atomic E-state index is 12.5. The molecule has 0 saturated carbocycles. The topological polar surface area (TPSA) is 109 Å². The van der Waals surface area contributed by atoms with Crippen molar-refractivity contribution in [3.8, 4) is 11.5 Å². The van der Waals surface area contributed by atoms with Crippen LogP contribution in [-0.4, -0.2) is 37.8 Å². The lowest BCUT2D eigenvalue weighted by molar-refractivity contribution is -0.116. The number of nitrogens with zero attached hydrogens (tertiary/aromatic N) is 1. The zero-order chi connectivity index (χ0) is 20.3. The number of ether oxygens (including phenoxy) is 3. The Bertz CT molecular complexity index is 1100. The van der Waals surface area contributed by atoms with Gasteiger partial charge in [0.1, 0.15) is 18.0 Å². The Morgan fingerprint density at radius 1 is 1.07 bits per heavy atom. The average molecular weight is 386 g/mol. The zero-order valence-electron chi connectivity index (χ0n) is 15.5. The van der Waals surface area contributed by atoms with E-state index in [1.165, 1.54) is 44.1 Å². The number of anilines is 1. The lowest BCUT2D eigenvalue weighted by atomic mass is 10.2. The maximum Gasteiger partial charge on any atom is 0.420 e. The van der Waals surface area contributed by atoms with E-state index in [4.69, 9.17) is 13.9 Å². The molecular formula is C19H18N2O7. The third kappa shape index (κ3) is 3.68. The molecule has 1 amide bonds. The molecule has 0 radical (unpaired) electrons. The molecule has 2 aromatic carbocycles. The molecule has 28 heavy (non-hydrogen) atoms. The largest absolute Gasteiger partial charge is 0.497 e. The third-order valence-electron chi connectivity index (χ3n) is 4.07. The van der Waals surface area contributed by atoms with Gasteiger partial charge in [0, 0.05) is 6.07 Å². The molecule has 1 N–H and O–H groups in total. The molecule has 0 fully saturated rings. The highest BCUT2D eigenvalue weighted by Crippen LogP contribution is 2.29. The van der Waals surface area contributed by atoms with Gasteiger partial charge in [0.05, 0.1) is 38.1 Å². The number of aromatic nitrogens is 1. The molecule has 0 aliphatic heterocycles. The molecule has 1 heterocycles. The van der Waals surface area contributed by atoms with Gasteiger partial charge in [-0.15, -0.1) is 0 Å². The molecular weight excluding hydrogens is 368 g/mol. The Labute approximate surface area is 159 Å². The highest BCUT2D eigenvalue weighted by molar-refractivity contribution is 5.95. The molecule has 146 valence electrons. The zero-order valence-corrected chi connectivity index (χ0v) is 15.5. The number of benzene rings is 2. The second kappa shape index (κ2) is 7.87. The minimum absolute atomic E-state index is 0.180. The molecule has 0 bridgehead atoms. The first-order valence-electron chi connectivity index (χ1n) is 8.20. The summed E-state index contributed by atoms with van der Waals surface area (Å²) in [5.74, 6) is -0.753. The van der Waals surface area contributed by atoms with Crippen LogP contribution >= 0.6 is 0 Å². The van der Waals surface area contributed by atoms with Crippen LogP contribution in [0.1, 0.15) is 10.4 Å². The van der Waals surface area contributed by atoms with Crippen LogP contribution in [0.2, 0.25) is 0 Å². The molecule has 1 aromatic heterocycles. The van der Waals surface area contributed by atoms with Crippen molar-refractivity contribution >= 4 is 28.7 Å². The number of oxazole rings is 1. The summed E-state index contributed by atoms with van der Waals surface area (Å²) in [7, 11) is 4.24. The van der Waals surface area contributed by atoms with Crippen LogP contribution in [-0.2, 0) is 16.1 Å². The third-order valence-corrected chi connectivity index (χ3v) is 4.07. The van der Waals surface area contributed by atoms with Crippen molar-refractivity contribution in [3.63, 3.8) is 0 Å². The highest BCUT2D eigenvalue weighted by atomic mass is 16.5. The Morgan fingerprint density at radius 3 is 2.54 bits per heavy atom. The molecule has 0 aliphatic carbocycles. The SMILES string of the molecule is COC(=O)c1ccc2c(c1)oc(=O)n2CC(=O)Nc1cc(OC)ccc1OC. The summed E-state index contributed by atoms with van der Waals surface area (Å²) in [5.41, 5.74) is 1.20. The van der Waals surface area contributed by atoms with Gasteiger partial charge in [0.15, 0.2) is 5.58 Å². The van der Waals surface area contributed by atoms with Crippen LogP contribution in [0.4, 0.5) is 5.69 Å². The lowest BCUT2D eigenvalue weighted by Crippen LogP contribution is -2.25. The van der Waals surface area contributed by atoms with Gasteiger partial charge in [0.2, 0.25) is 5.91 Å². The van der Waals surface area contributed by atoms with E-state index in [0.29, 0.717) is 22.7 Å². The van der Waals surface area contributed by atoms with Crippen LogP contribution in [0.5, 0.6) is 11.5 Å². The summed E-state index contributed by atoms with van der Waals surface area (Å²) in [5, 5.41) is 2.69. The molecule has 3 aromatic rings. The van der Waals surface area contributed by atoms with Gasteiger partial charge in [-0.2, -0.15) is 0 Å². The number of fused-ring (bicyclic) bond motifs is 1. The normalized spacial score (nSPS) is 10.5. The first-order chi connectivity index (χ1) is 13.5. The van der Waals surface area contributed by atoms with Crippen molar-refractivity contribution in [2.75, 3.05) is 26.6 Å². The van der Waals surface area contributed by atoms with Gasteiger partial charge in [-0.1, -0.05) is 0 Å². The fourth-order valence-corrected chi connectivity index (χ4v) is 2.71. The summed E-state index contributed by atoms with van der Waals surface area (Å²) in [6.07, 6.45) is 0. The number of methoxy groups -OCH3 is 3.